The summed E-state index contributed by atoms with van der Waals surface area (Å²) in [6.07, 6.45) is 9.79. The summed E-state index contributed by atoms with van der Waals surface area (Å²) >= 11 is 0. The average Bonchev–Trinajstić information content (AvgIpc) is 2.94. The number of aliphatic carboxylic acids is 1. The quantitative estimate of drug-likeness (QED) is 0.857. The van der Waals surface area contributed by atoms with Gasteiger partial charge in [-0.15, -0.1) is 0 Å². The summed E-state index contributed by atoms with van der Waals surface area (Å²) in [5.74, 6) is 0.578. The first-order valence-electron chi connectivity index (χ1n) is 9.71. The fourth-order valence-corrected chi connectivity index (χ4v) is 5.12. The van der Waals surface area contributed by atoms with Crippen molar-refractivity contribution >= 4 is 11.9 Å². The molecule has 1 heterocycles. The van der Waals surface area contributed by atoms with E-state index in [0.717, 1.165) is 44.4 Å². The molecule has 0 unspecified atom stereocenters. The van der Waals surface area contributed by atoms with Crippen molar-refractivity contribution in [2.45, 2.75) is 82.8 Å². The summed E-state index contributed by atoms with van der Waals surface area (Å²) < 4.78 is 0. The highest BCUT2D eigenvalue weighted by Gasteiger charge is 2.46. The van der Waals surface area contributed by atoms with Gasteiger partial charge in [-0.1, -0.05) is 19.8 Å². The van der Waals surface area contributed by atoms with E-state index in [0.29, 0.717) is 18.0 Å². The van der Waals surface area contributed by atoms with Crippen molar-refractivity contribution in [3.63, 3.8) is 0 Å². The number of carbonyl (C=O) groups excluding carboxylic acids is 1. The first kappa shape index (κ1) is 17.7. The van der Waals surface area contributed by atoms with Crippen LogP contribution in [0.2, 0.25) is 0 Å². The summed E-state index contributed by atoms with van der Waals surface area (Å²) in [4.78, 5) is 28.4. The van der Waals surface area contributed by atoms with E-state index in [9.17, 15) is 14.7 Å². The molecule has 3 atom stereocenters. The molecule has 0 aromatic heterocycles. The molecule has 0 aromatic carbocycles. The molecule has 0 bridgehead atoms. The van der Waals surface area contributed by atoms with Gasteiger partial charge in [0.1, 0.15) is 6.04 Å². The molecule has 0 aromatic rings. The van der Waals surface area contributed by atoms with Gasteiger partial charge >= 0.3 is 5.97 Å². The number of hydrogen-bond acceptors (Lipinski definition) is 3. The zero-order valence-electron chi connectivity index (χ0n) is 15.1. The lowest BCUT2D eigenvalue weighted by molar-refractivity contribution is -0.144. The SMILES string of the molecule is CC1CCC(N(C)C(=O)CN2[C@@H]3CCCC[C@H]3C[C@H]2C(=O)O)CC1. The van der Waals surface area contributed by atoms with E-state index in [-0.39, 0.29) is 12.5 Å². The van der Waals surface area contributed by atoms with Crippen LogP contribution < -0.4 is 0 Å². The minimum absolute atomic E-state index is 0.104. The number of rotatable bonds is 4. The minimum Gasteiger partial charge on any atom is -0.480 e. The molecule has 3 fully saturated rings. The largest absolute Gasteiger partial charge is 0.480 e. The lowest BCUT2D eigenvalue weighted by Gasteiger charge is -2.37. The maximum atomic E-state index is 12.8. The van der Waals surface area contributed by atoms with Crippen molar-refractivity contribution < 1.29 is 14.7 Å². The predicted molar refractivity (Wildman–Crippen MR) is 92.7 cm³/mol. The summed E-state index contributed by atoms with van der Waals surface area (Å²) in [6, 6.07) is 0.159. The Hall–Kier alpha value is -1.10. The number of nitrogens with zero attached hydrogens (tertiary/aromatic N) is 2. The van der Waals surface area contributed by atoms with E-state index >= 15 is 0 Å². The maximum Gasteiger partial charge on any atom is 0.320 e. The first-order valence-corrected chi connectivity index (χ1v) is 9.71. The van der Waals surface area contributed by atoms with E-state index < -0.39 is 12.0 Å². The van der Waals surface area contributed by atoms with Crippen molar-refractivity contribution in [1.29, 1.82) is 0 Å². The Labute approximate surface area is 145 Å². The van der Waals surface area contributed by atoms with Crippen molar-refractivity contribution in [2.24, 2.45) is 11.8 Å². The second-order valence-corrected chi connectivity index (χ2v) is 8.29. The average molecular weight is 336 g/mol. The Kier molecular flexibility index (Phi) is 5.48. The zero-order chi connectivity index (χ0) is 17.3. The van der Waals surface area contributed by atoms with Crippen molar-refractivity contribution in [1.82, 2.24) is 9.80 Å². The van der Waals surface area contributed by atoms with Gasteiger partial charge < -0.3 is 10.0 Å². The summed E-state index contributed by atoms with van der Waals surface area (Å²) in [7, 11) is 1.91. The number of carboxylic acids is 1. The van der Waals surface area contributed by atoms with E-state index in [1.165, 1.54) is 19.3 Å². The number of hydrogen-bond donors (Lipinski definition) is 1. The van der Waals surface area contributed by atoms with Gasteiger partial charge in [0, 0.05) is 19.1 Å². The molecule has 5 heteroatoms. The van der Waals surface area contributed by atoms with Gasteiger partial charge in [0.2, 0.25) is 5.91 Å². The molecule has 0 spiro atoms. The van der Waals surface area contributed by atoms with Crippen LogP contribution in [0.25, 0.3) is 0 Å². The van der Waals surface area contributed by atoms with Gasteiger partial charge in [-0.3, -0.25) is 14.5 Å². The molecule has 3 aliphatic rings. The standard InChI is InChI=1S/C19H32N2O3/c1-13-7-9-15(10-8-13)20(2)18(22)12-21-16-6-4-3-5-14(16)11-17(21)19(23)24/h13-17H,3-12H2,1-2H3,(H,23,24)/t13?,14-,15?,16+,17-/m0/s1. The molecule has 1 amide bonds. The molecule has 5 nitrogen and oxygen atoms in total. The third-order valence-corrected chi connectivity index (χ3v) is 6.75. The molecular weight excluding hydrogens is 304 g/mol. The highest BCUT2D eigenvalue weighted by atomic mass is 16.4. The Morgan fingerprint density at radius 1 is 1.08 bits per heavy atom. The molecular formula is C19H32N2O3. The summed E-state index contributed by atoms with van der Waals surface area (Å²) in [5.41, 5.74) is 0. The smallest absolute Gasteiger partial charge is 0.320 e. The number of likely N-dealkylation sites (tertiary alicyclic amines) is 1. The summed E-state index contributed by atoms with van der Waals surface area (Å²) in [5, 5.41) is 9.59. The van der Waals surface area contributed by atoms with Gasteiger partial charge in [0.25, 0.3) is 0 Å². The number of carboxylic acid groups (broad SMARTS) is 1. The lowest BCUT2D eigenvalue weighted by atomic mass is 9.84. The van der Waals surface area contributed by atoms with Crippen LogP contribution in [-0.2, 0) is 9.59 Å². The molecule has 3 rings (SSSR count). The Morgan fingerprint density at radius 2 is 1.75 bits per heavy atom. The fourth-order valence-electron chi connectivity index (χ4n) is 5.12. The van der Waals surface area contributed by atoms with Crippen molar-refractivity contribution in [3.05, 3.63) is 0 Å². The lowest BCUT2D eigenvalue weighted by Crippen LogP contribution is -2.50. The van der Waals surface area contributed by atoms with Crippen LogP contribution in [0.15, 0.2) is 0 Å². The number of carbonyl (C=O) groups is 2. The summed E-state index contributed by atoms with van der Waals surface area (Å²) in [6.45, 7) is 2.56. The first-order chi connectivity index (χ1) is 11.5. The number of fused-ring (bicyclic) bond motifs is 1. The highest BCUT2D eigenvalue weighted by Crippen LogP contribution is 2.39. The van der Waals surface area contributed by atoms with Crippen LogP contribution >= 0.6 is 0 Å². The third-order valence-electron chi connectivity index (χ3n) is 6.75. The van der Waals surface area contributed by atoms with Gasteiger partial charge in [-0.2, -0.15) is 0 Å². The van der Waals surface area contributed by atoms with Crippen LogP contribution in [0, 0.1) is 11.8 Å². The molecule has 24 heavy (non-hydrogen) atoms. The molecule has 1 saturated heterocycles. The Balaban J connectivity index is 1.63. The van der Waals surface area contributed by atoms with Crippen LogP contribution in [-0.4, -0.2) is 58.5 Å². The highest BCUT2D eigenvalue weighted by molar-refractivity contribution is 5.80. The zero-order valence-corrected chi connectivity index (χ0v) is 15.1. The second-order valence-electron chi connectivity index (χ2n) is 8.29. The second kappa shape index (κ2) is 7.42. The minimum atomic E-state index is -0.758. The topological polar surface area (TPSA) is 60.9 Å². The predicted octanol–water partition coefficient (Wildman–Crippen LogP) is 2.74. The van der Waals surface area contributed by atoms with Gasteiger partial charge in [-0.25, -0.2) is 0 Å². The molecule has 1 N–H and O–H groups in total. The Morgan fingerprint density at radius 3 is 2.42 bits per heavy atom. The van der Waals surface area contributed by atoms with E-state index in [1.807, 2.05) is 16.8 Å². The van der Waals surface area contributed by atoms with Crippen LogP contribution in [0.3, 0.4) is 0 Å². The van der Waals surface area contributed by atoms with Crippen LogP contribution in [0.5, 0.6) is 0 Å². The van der Waals surface area contributed by atoms with E-state index in [4.69, 9.17) is 0 Å². The van der Waals surface area contributed by atoms with E-state index in [1.54, 1.807) is 0 Å². The van der Waals surface area contributed by atoms with E-state index in [2.05, 4.69) is 6.92 Å². The van der Waals surface area contributed by atoms with Crippen molar-refractivity contribution in [3.8, 4) is 0 Å². The van der Waals surface area contributed by atoms with Gasteiger partial charge in [0.15, 0.2) is 0 Å². The van der Waals surface area contributed by atoms with Gasteiger partial charge in [-0.05, 0) is 56.8 Å². The molecule has 136 valence electrons. The van der Waals surface area contributed by atoms with Crippen molar-refractivity contribution in [2.75, 3.05) is 13.6 Å². The van der Waals surface area contributed by atoms with Gasteiger partial charge in [0.05, 0.1) is 6.54 Å². The van der Waals surface area contributed by atoms with Crippen LogP contribution in [0.1, 0.15) is 64.7 Å². The molecule has 2 saturated carbocycles. The Bertz CT molecular complexity index is 473. The normalized spacial score (nSPS) is 37.0. The maximum absolute atomic E-state index is 12.8. The molecule has 1 aliphatic heterocycles. The molecule has 0 radical (unpaired) electrons. The monoisotopic (exact) mass is 336 g/mol. The fraction of sp³-hybridized carbons (Fsp3) is 0.895. The third kappa shape index (κ3) is 3.61. The number of likely N-dealkylation sites (N-methyl/N-ethyl adjacent to an activating group) is 1. The molecule has 2 aliphatic carbocycles. The number of amides is 1. The van der Waals surface area contributed by atoms with Crippen LogP contribution in [0.4, 0.5) is 0 Å².